The summed E-state index contributed by atoms with van der Waals surface area (Å²) in [5.74, 6) is 0.0111. The van der Waals surface area contributed by atoms with Crippen molar-refractivity contribution in [3.05, 3.63) is 80.8 Å². The summed E-state index contributed by atoms with van der Waals surface area (Å²) in [5, 5.41) is 0.881. The van der Waals surface area contributed by atoms with Gasteiger partial charge in [0.1, 0.15) is 12.2 Å². The first-order valence-corrected chi connectivity index (χ1v) is 18.6. The standard InChI is InChI=1S/C40H46Cl2N2O6/c1-21(2)29-17-7-23(5)19-31(29)49-39(47)43-35(25-9-13-27(41)14-10-25)33-34(37(43)45)36(26-11-15-28(42)16-12-26)44(38(33)46)40(48)50-32-20-24(6)8-18-30(32)22(3)4/h9-16,21-24,29-32H,7-8,17-20H2,1-6H3. The third-order valence-electron chi connectivity index (χ3n) is 11.0. The van der Waals surface area contributed by atoms with Crippen LogP contribution in [0.25, 0.3) is 11.4 Å². The number of ether oxygens (including phenoxy) is 2. The Morgan fingerprint density at radius 1 is 0.620 bits per heavy atom. The molecular weight excluding hydrogens is 675 g/mol. The number of imide groups is 2. The van der Waals surface area contributed by atoms with E-state index in [4.69, 9.17) is 32.7 Å². The highest BCUT2D eigenvalue weighted by molar-refractivity contribution is 6.36. The molecule has 2 aromatic rings. The van der Waals surface area contributed by atoms with E-state index < -0.39 is 36.2 Å². The Hall–Kier alpha value is -3.62. The topological polar surface area (TPSA) is 93.2 Å². The fourth-order valence-corrected chi connectivity index (χ4v) is 8.53. The van der Waals surface area contributed by atoms with Gasteiger partial charge < -0.3 is 9.47 Å². The molecule has 10 heteroatoms. The molecule has 266 valence electrons. The van der Waals surface area contributed by atoms with Gasteiger partial charge in [-0.1, -0.05) is 102 Å². The number of benzene rings is 2. The van der Waals surface area contributed by atoms with Gasteiger partial charge in [0.25, 0.3) is 11.8 Å². The zero-order valence-corrected chi connectivity index (χ0v) is 31.1. The first-order chi connectivity index (χ1) is 23.8. The number of carbonyl (C=O) groups is 4. The summed E-state index contributed by atoms with van der Waals surface area (Å²) < 4.78 is 12.4. The molecule has 0 radical (unpaired) electrons. The van der Waals surface area contributed by atoms with Crippen LogP contribution in [-0.4, -0.2) is 46.0 Å². The van der Waals surface area contributed by atoms with E-state index in [9.17, 15) is 19.2 Å². The molecule has 2 saturated carbocycles. The maximum absolute atomic E-state index is 14.7. The van der Waals surface area contributed by atoms with E-state index in [1.54, 1.807) is 48.5 Å². The van der Waals surface area contributed by atoms with Gasteiger partial charge in [0.05, 0.1) is 22.5 Å². The Kier molecular flexibility index (Phi) is 10.5. The van der Waals surface area contributed by atoms with Crippen molar-refractivity contribution in [1.82, 2.24) is 9.80 Å². The van der Waals surface area contributed by atoms with Crippen molar-refractivity contribution in [1.29, 1.82) is 0 Å². The molecular formula is C40H46Cl2N2O6. The summed E-state index contributed by atoms with van der Waals surface area (Å²) in [5.41, 5.74) is 0.783. The summed E-state index contributed by atoms with van der Waals surface area (Å²) in [7, 11) is 0. The van der Waals surface area contributed by atoms with Gasteiger partial charge in [-0.3, -0.25) is 9.59 Å². The number of fused-ring (bicyclic) bond motifs is 1. The van der Waals surface area contributed by atoms with E-state index in [0.717, 1.165) is 35.5 Å². The van der Waals surface area contributed by atoms with E-state index in [1.165, 1.54) is 0 Å². The highest BCUT2D eigenvalue weighted by atomic mass is 35.5. The predicted molar refractivity (Wildman–Crippen MR) is 194 cm³/mol. The Morgan fingerprint density at radius 3 is 1.28 bits per heavy atom. The lowest BCUT2D eigenvalue weighted by atomic mass is 9.75. The number of hydrogen-bond donors (Lipinski definition) is 0. The van der Waals surface area contributed by atoms with Crippen molar-refractivity contribution in [2.45, 2.75) is 92.3 Å². The molecule has 0 spiro atoms. The van der Waals surface area contributed by atoms with Crippen molar-refractivity contribution in [3.8, 4) is 0 Å². The number of nitrogens with zero attached hydrogens (tertiary/aromatic N) is 2. The second-order valence-electron chi connectivity index (χ2n) is 15.2. The summed E-state index contributed by atoms with van der Waals surface area (Å²) >= 11 is 12.5. The van der Waals surface area contributed by atoms with Gasteiger partial charge >= 0.3 is 12.2 Å². The predicted octanol–water partition coefficient (Wildman–Crippen LogP) is 9.99. The Labute approximate surface area is 304 Å². The average Bonchev–Trinajstić information content (AvgIpc) is 3.53. The Bertz CT molecular complexity index is 1600. The van der Waals surface area contributed by atoms with Crippen LogP contribution in [0.5, 0.6) is 0 Å². The van der Waals surface area contributed by atoms with Crippen LogP contribution in [0.3, 0.4) is 0 Å². The first kappa shape index (κ1) is 36.2. The summed E-state index contributed by atoms with van der Waals surface area (Å²) in [6, 6.07) is 13.1. The number of amides is 4. The monoisotopic (exact) mass is 720 g/mol. The van der Waals surface area contributed by atoms with Crippen LogP contribution in [-0.2, 0) is 19.1 Å². The quantitative estimate of drug-likeness (QED) is 0.295. The molecule has 6 atom stereocenters. The van der Waals surface area contributed by atoms with Crippen molar-refractivity contribution in [3.63, 3.8) is 0 Å². The van der Waals surface area contributed by atoms with Gasteiger partial charge in [0.15, 0.2) is 0 Å². The molecule has 0 bridgehead atoms. The van der Waals surface area contributed by atoms with Gasteiger partial charge in [-0.25, -0.2) is 19.4 Å². The van der Waals surface area contributed by atoms with Crippen molar-refractivity contribution >= 4 is 58.6 Å². The van der Waals surface area contributed by atoms with E-state index in [0.29, 0.717) is 45.8 Å². The molecule has 6 unspecified atom stereocenters. The fraction of sp³-hybridized carbons (Fsp3) is 0.500. The minimum atomic E-state index is -0.854. The maximum Gasteiger partial charge on any atom is 0.421 e. The van der Waals surface area contributed by atoms with Crippen molar-refractivity contribution in [2.24, 2.45) is 35.5 Å². The van der Waals surface area contributed by atoms with E-state index in [1.807, 2.05) is 0 Å². The summed E-state index contributed by atoms with van der Waals surface area (Å²) in [4.78, 5) is 59.8. The van der Waals surface area contributed by atoms with Crippen LogP contribution >= 0.6 is 23.2 Å². The van der Waals surface area contributed by atoms with Gasteiger partial charge in [-0.05, 0) is 96.6 Å². The van der Waals surface area contributed by atoms with Gasteiger partial charge in [-0.15, -0.1) is 0 Å². The molecule has 4 amide bonds. The largest absolute Gasteiger partial charge is 0.445 e. The molecule has 4 aliphatic rings. The molecule has 2 fully saturated rings. The lowest BCUT2D eigenvalue weighted by Crippen LogP contribution is -2.42. The van der Waals surface area contributed by atoms with Crippen LogP contribution in [0.1, 0.15) is 91.2 Å². The molecule has 50 heavy (non-hydrogen) atoms. The third kappa shape index (κ3) is 6.85. The Morgan fingerprint density at radius 2 is 0.960 bits per heavy atom. The highest BCUT2D eigenvalue weighted by Crippen LogP contribution is 2.48. The maximum atomic E-state index is 14.7. The zero-order chi connectivity index (χ0) is 36.0. The van der Waals surface area contributed by atoms with Crippen LogP contribution < -0.4 is 0 Å². The van der Waals surface area contributed by atoms with Gasteiger partial charge in [-0.2, -0.15) is 0 Å². The third-order valence-corrected chi connectivity index (χ3v) is 11.5. The molecule has 2 aliphatic carbocycles. The first-order valence-electron chi connectivity index (χ1n) is 17.9. The van der Waals surface area contributed by atoms with E-state index >= 15 is 0 Å². The summed E-state index contributed by atoms with van der Waals surface area (Å²) in [6.45, 7) is 12.7. The smallest absolute Gasteiger partial charge is 0.421 e. The van der Waals surface area contributed by atoms with Gasteiger partial charge in [0, 0.05) is 10.0 Å². The van der Waals surface area contributed by atoms with Crippen LogP contribution in [0.15, 0.2) is 59.7 Å². The van der Waals surface area contributed by atoms with Crippen LogP contribution in [0, 0.1) is 35.5 Å². The minimum absolute atomic E-state index is 0.0507. The lowest BCUT2D eigenvalue weighted by molar-refractivity contribution is -0.123. The summed E-state index contributed by atoms with van der Waals surface area (Å²) in [6.07, 6.45) is 2.76. The van der Waals surface area contributed by atoms with Crippen LogP contribution in [0.2, 0.25) is 10.0 Å². The average molecular weight is 722 g/mol. The molecule has 2 aromatic carbocycles. The second kappa shape index (κ2) is 14.5. The highest BCUT2D eigenvalue weighted by Gasteiger charge is 2.54. The molecule has 0 N–H and O–H groups in total. The molecule has 0 aromatic heterocycles. The SMILES string of the molecule is CC1CCC(C(C)C)C(OC(=O)N2C(=O)C3=C(c4ccc(Cl)cc4)N(C(=O)OC4CC(C)CCC4C(C)C)C(=O)C3=C2c2ccc(Cl)cc2)C1. The fourth-order valence-electron chi connectivity index (χ4n) is 8.28. The number of rotatable bonds is 6. The minimum Gasteiger partial charge on any atom is -0.445 e. The van der Waals surface area contributed by atoms with Crippen LogP contribution in [0.4, 0.5) is 9.59 Å². The van der Waals surface area contributed by atoms with Gasteiger partial charge in [0.2, 0.25) is 0 Å². The number of halogens is 2. The lowest BCUT2D eigenvalue weighted by Gasteiger charge is -2.37. The van der Waals surface area contributed by atoms with E-state index in [2.05, 4.69) is 41.5 Å². The molecule has 6 rings (SSSR count). The van der Waals surface area contributed by atoms with Crippen molar-refractivity contribution < 1.29 is 28.7 Å². The molecule has 8 nitrogen and oxygen atoms in total. The molecule has 2 aliphatic heterocycles. The van der Waals surface area contributed by atoms with Crippen molar-refractivity contribution in [2.75, 3.05) is 0 Å². The molecule has 0 saturated heterocycles. The van der Waals surface area contributed by atoms with E-state index in [-0.39, 0.29) is 46.2 Å². The molecule has 2 heterocycles. The Balaban J connectivity index is 1.47. The zero-order valence-electron chi connectivity index (χ0n) is 29.6. The normalized spacial score (nSPS) is 27.1. The number of hydrogen-bond acceptors (Lipinski definition) is 6. The number of carbonyl (C=O) groups excluding carboxylic acids is 4. The second-order valence-corrected chi connectivity index (χ2v) is 16.1.